The Labute approximate surface area is 236 Å². The number of hydrogen-bond donors (Lipinski definition) is 2. The largest absolute Gasteiger partial charge is 0.404 e. The minimum Gasteiger partial charge on any atom is -0.404 e. The van der Waals surface area contributed by atoms with E-state index in [4.69, 9.17) is 18.6 Å². The van der Waals surface area contributed by atoms with Gasteiger partial charge in [0.2, 0.25) is 0 Å². The van der Waals surface area contributed by atoms with Gasteiger partial charge in [-0.3, -0.25) is 0 Å². The van der Waals surface area contributed by atoms with E-state index in [-0.39, 0.29) is 31.1 Å². The zero-order valence-corrected chi connectivity index (χ0v) is 25.3. The first kappa shape index (κ1) is 31.9. The second-order valence-corrected chi connectivity index (χ2v) is 16.0. The van der Waals surface area contributed by atoms with Gasteiger partial charge in [0.25, 0.3) is 8.32 Å². The Balaban J connectivity index is 1.55. The molecule has 0 aromatic heterocycles. The molecule has 0 bridgehead atoms. The second-order valence-electron chi connectivity index (χ2n) is 11.7. The van der Waals surface area contributed by atoms with Crippen molar-refractivity contribution in [2.75, 3.05) is 39.6 Å². The Morgan fingerprint density at radius 1 is 0.795 bits per heavy atom. The van der Waals surface area contributed by atoms with Crippen molar-refractivity contribution in [3.05, 3.63) is 60.7 Å². The fourth-order valence-electron chi connectivity index (χ4n) is 5.36. The van der Waals surface area contributed by atoms with Gasteiger partial charge in [-0.2, -0.15) is 0 Å². The van der Waals surface area contributed by atoms with Crippen molar-refractivity contribution in [1.29, 1.82) is 0 Å². The van der Waals surface area contributed by atoms with Crippen LogP contribution in [0.5, 0.6) is 0 Å². The number of aliphatic hydroxyl groups excluding tert-OH is 2. The number of hydrogen-bond acceptors (Lipinski definition) is 6. The summed E-state index contributed by atoms with van der Waals surface area (Å²) >= 11 is 0. The molecule has 3 rings (SSSR count). The van der Waals surface area contributed by atoms with E-state index in [1.807, 2.05) is 36.4 Å². The number of benzene rings is 2. The fourth-order valence-corrected chi connectivity index (χ4v) is 9.99. The van der Waals surface area contributed by atoms with Crippen LogP contribution >= 0.6 is 0 Å². The van der Waals surface area contributed by atoms with Gasteiger partial charge in [0.15, 0.2) is 6.29 Å². The Morgan fingerprint density at radius 3 is 1.87 bits per heavy atom. The summed E-state index contributed by atoms with van der Waals surface area (Å²) in [7, 11) is -2.80. The first-order valence-corrected chi connectivity index (χ1v) is 16.6. The van der Waals surface area contributed by atoms with Gasteiger partial charge in [-0.05, 0) is 47.5 Å². The molecule has 0 saturated carbocycles. The number of aliphatic hydroxyl groups is 2. The van der Waals surface area contributed by atoms with Gasteiger partial charge in [0, 0.05) is 19.8 Å². The molecule has 2 N–H and O–H groups in total. The SMILES string of the molecule is CC(C)(C)[Si](OCC(CO)(CO)OCCCCCCCOC1CCCCO1)(c1ccccc1)c1ccccc1. The average Bonchev–Trinajstić information content (AvgIpc) is 2.96. The van der Waals surface area contributed by atoms with Crippen LogP contribution in [0.4, 0.5) is 0 Å². The van der Waals surface area contributed by atoms with E-state index in [2.05, 4.69) is 45.0 Å². The lowest BCUT2D eigenvalue weighted by Gasteiger charge is -2.45. The molecule has 0 radical (unpaired) electrons. The minimum atomic E-state index is -2.80. The van der Waals surface area contributed by atoms with Gasteiger partial charge in [-0.15, -0.1) is 0 Å². The van der Waals surface area contributed by atoms with E-state index >= 15 is 0 Å². The molecule has 7 heteroatoms. The molecule has 2 aromatic rings. The number of ether oxygens (including phenoxy) is 3. The maximum Gasteiger partial charge on any atom is 0.261 e. The summed E-state index contributed by atoms with van der Waals surface area (Å²) in [5.74, 6) is 0. The molecular weight excluding hydrogens is 508 g/mol. The third-order valence-corrected chi connectivity index (χ3v) is 12.7. The summed E-state index contributed by atoms with van der Waals surface area (Å²) in [4.78, 5) is 0. The molecule has 0 amide bonds. The first-order valence-electron chi connectivity index (χ1n) is 14.7. The summed E-state index contributed by atoms with van der Waals surface area (Å²) in [6.45, 7) is 8.19. The van der Waals surface area contributed by atoms with E-state index in [0.29, 0.717) is 6.61 Å². The number of rotatable bonds is 17. The molecule has 1 unspecified atom stereocenters. The van der Waals surface area contributed by atoms with Crippen LogP contribution in [0.1, 0.15) is 72.1 Å². The molecule has 6 nitrogen and oxygen atoms in total. The van der Waals surface area contributed by atoms with Crippen LogP contribution in [-0.4, -0.2) is 70.1 Å². The Morgan fingerprint density at radius 2 is 1.36 bits per heavy atom. The van der Waals surface area contributed by atoms with Crippen molar-refractivity contribution in [2.45, 2.75) is 89.1 Å². The third-order valence-electron chi connectivity index (χ3n) is 7.68. The van der Waals surface area contributed by atoms with Crippen molar-refractivity contribution >= 4 is 18.7 Å². The Kier molecular flexibility index (Phi) is 13.1. The van der Waals surface area contributed by atoms with Gasteiger partial charge in [-0.25, -0.2) is 0 Å². The molecule has 1 aliphatic heterocycles. The Hall–Kier alpha value is -1.58. The first-order chi connectivity index (χ1) is 18.9. The van der Waals surface area contributed by atoms with Gasteiger partial charge in [0.05, 0.1) is 19.8 Å². The van der Waals surface area contributed by atoms with E-state index in [1.54, 1.807) is 0 Å². The molecule has 0 aliphatic carbocycles. The lowest BCUT2D eigenvalue weighted by atomic mass is 10.1. The summed E-state index contributed by atoms with van der Waals surface area (Å²) in [6, 6.07) is 20.8. The third kappa shape index (κ3) is 8.95. The molecule has 218 valence electrons. The molecular formula is C32H50O6Si. The Bertz CT molecular complexity index is 868. The standard InChI is InChI=1S/C32H50O6Si/c1-31(2,3)39(28-17-9-7-10-18-28,29-19-11-8-12-20-29)38-27-32(25-33,26-34)37-24-15-6-4-5-14-22-35-30-21-13-16-23-36-30/h7-12,17-20,30,33-34H,4-6,13-16,21-27H2,1-3H3. The average molecular weight is 559 g/mol. The van der Waals surface area contributed by atoms with Gasteiger partial charge < -0.3 is 28.8 Å². The van der Waals surface area contributed by atoms with Crippen molar-refractivity contribution < 1.29 is 28.8 Å². The molecule has 1 fully saturated rings. The lowest BCUT2D eigenvalue weighted by molar-refractivity contribution is -0.162. The smallest absolute Gasteiger partial charge is 0.261 e. The highest BCUT2D eigenvalue weighted by Crippen LogP contribution is 2.37. The monoisotopic (exact) mass is 558 g/mol. The van der Waals surface area contributed by atoms with E-state index in [0.717, 1.165) is 68.5 Å². The molecule has 1 aliphatic rings. The van der Waals surface area contributed by atoms with Crippen LogP contribution in [0.25, 0.3) is 0 Å². The molecule has 0 spiro atoms. The zero-order chi connectivity index (χ0) is 28.0. The van der Waals surface area contributed by atoms with E-state index in [1.165, 1.54) is 6.42 Å². The highest BCUT2D eigenvalue weighted by Gasteiger charge is 2.51. The fraction of sp³-hybridized carbons (Fsp3) is 0.625. The van der Waals surface area contributed by atoms with Gasteiger partial charge in [0.1, 0.15) is 5.60 Å². The van der Waals surface area contributed by atoms with Crippen LogP contribution in [0.15, 0.2) is 60.7 Å². The second kappa shape index (κ2) is 16.0. The molecule has 1 atom stereocenters. The molecule has 2 aromatic carbocycles. The molecule has 1 heterocycles. The molecule has 39 heavy (non-hydrogen) atoms. The van der Waals surface area contributed by atoms with E-state index < -0.39 is 13.9 Å². The summed E-state index contributed by atoms with van der Waals surface area (Å²) in [5.41, 5.74) is -1.15. The van der Waals surface area contributed by atoms with Crippen molar-refractivity contribution in [2.24, 2.45) is 0 Å². The summed E-state index contributed by atoms with van der Waals surface area (Å²) in [6.07, 6.45) is 8.47. The van der Waals surface area contributed by atoms with Crippen molar-refractivity contribution in [1.82, 2.24) is 0 Å². The maximum absolute atomic E-state index is 10.4. The zero-order valence-electron chi connectivity index (χ0n) is 24.3. The predicted octanol–water partition coefficient (Wildman–Crippen LogP) is 4.80. The summed E-state index contributed by atoms with van der Waals surface area (Å²) in [5, 5.41) is 22.8. The van der Waals surface area contributed by atoms with Crippen LogP contribution in [-0.2, 0) is 18.6 Å². The highest BCUT2D eigenvalue weighted by molar-refractivity contribution is 6.99. The normalized spacial score (nSPS) is 16.9. The lowest BCUT2D eigenvalue weighted by Crippen LogP contribution is -2.68. The van der Waals surface area contributed by atoms with Crippen molar-refractivity contribution in [3.8, 4) is 0 Å². The highest BCUT2D eigenvalue weighted by atomic mass is 28.4. The molecule has 1 saturated heterocycles. The van der Waals surface area contributed by atoms with E-state index in [9.17, 15) is 10.2 Å². The van der Waals surface area contributed by atoms with Gasteiger partial charge >= 0.3 is 0 Å². The van der Waals surface area contributed by atoms with Crippen molar-refractivity contribution in [3.63, 3.8) is 0 Å². The van der Waals surface area contributed by atoms with Gasteiger partial charge in [-0.1, -0.05) is 101 Å². The quantitative estimate of drug-likeness (QED) is 0.215. The van der Waals surface area contributed by atoms with Crippen LogP contribution in [0, 0.1) is 0 Å². The predicted molar refractivity (Wildman–Crippen MR) is 159 cm³/mol. The number of unbranched alkanes of at least 4 members (excludes halogenated alkanes) is 4. The van der Waals surface area contributed by atoms with Crippen LogP contribution in [0.3, 0.4) is 0 Å². The maximum atomic E-state index is 10.4. The topological polar surface area (TPSA) is 77.4 Å². The van der Waals surface area contributed by atoms with Crippen LogP contribution < -0.4 is 10.4 Å². The summed E-state index contributed by atoms with van der Waals surface area (Å²) < 4.78 is 24.6. The minimum absolute atomic E-state index is 0.0108. The van der Waals surface area contributed by atoms with Crippen LogP contribution in [0.2, 0.25) is 5.04 Å².